The van der Waals surface area contributed by atoms with Gasteiger partial charge in [0.25, 0.3) is 0 Å². The summed E-state index contributed by atoms with van der Waals surface area (Å²) >= 11 is 0. The number of aromatic nitrogens is 1. The van der Waals surface area contributed by atoms with Crippen molar-refractivity contribution in [2.45, 2.75) is 26.4 Å². The topological polar surface area (TPSA) is 94.8 Å². The van der Waals surface area contributed by atoms with Crippen molar-refractivity contribution < 1.29 is 15.0 Å². The SMILES string of the molecule is Cc1ncc(CO)c(/C=N/NC(=O)C2CC2)c1O. The minimum atomic E-state index is -0.251. The molecule has 1 heterocycles. The molecule has 18 heavy (non-hydrogen) atoms. The average molecular weight is 249 g/mol. The highest BCUT2D eigenvalue weighted by molar-refractivity contribution is 5.87. The molecular formula is C12H15N3O3. The Morgan fingerprint density at radius 3 is 3.00 bits per heavy atom. The van der Waals surface area contributed by atoms with Crippen LogP contribution in [0, 0.1) is 12.8 Å². The molecule has 96 valence electrons. The molecule has 1 aliphatic carbocycles. The van der Waals surface area contributed by atoms with Gasteiger partial charge in [-0.1, -0.05) is 0 Å². The zero-order valence-electron chi connectivity index (χ0n) is 10.1. The Hall–Kier alpha value is -1.95. The number of aliphatic hydroxyl groups is 1. The number of hydrogen-bond donors (Lipinski definition) is 3. The van der Waals surface area contributed by atoms with E-state index < -0.39 is 0 Å². The van der Waals surface area contributed by atoms with Crippen molar-refractivity contribution >= 4 is 12.1 Å². The Bertz CT molecular complexity index is 496. The van der Waals surface area contributed by atoms with E-state index >= 15 is 0 Å². The van der Waals surface area contributed by atoms with E-state index in [2.05, 4.69) is 15.5 Å². The molecule has 1 aromatic rings. The standard InChI is InChI=1S/C12H15N3O3/c1-7-11(17)10(9(6-16)4-13-7)5-14-15-12(18)8-2-3-8/h4-5,8,16-17H,2-3,6H2,1H3,(H,15,18)/b14-5+. The normalized spacial score (nSPS) is 15.0. The van der Waals surface area contributed by atoms with E-state index in [0.29, 0.717) is 16.8 Å². The highest BCUT2D eigenvalue weighted by Crippen LogP contribution is 2.28. The third-order valence-corrected chi connectivity index (χ3v) is 2.84. The highest BCUT2D eigenvalue weighted by Gasteiger charge is 2.29. The maximum absolute atomic E-state index is 11.4. The van der Waals surface area contributed by atoms with Gasteiger partial charge in [-0.05, 0) is 19.8 Å². The van der Waals surface area contributed by atoms with Crippen molar-refractivity contribution in [2.75, 3.05) is 0 Å². The van der Waals surface area contributed by atoms with Crippen LogP contribution in [0.3, 0.4) is 0 Å². The van der Waals surface area contributed by atoms with E-state index in [4.69, 9.17) is 5.11 Å². The van der Waals surface area contributed by atoms with Crippen molar-refractivity contribution in [2.24, 2.45) is 11.0 Å². The summed E-state index contributed by atoms with van der Waals surface area (Å²) in [4.78, 5) is 15.3. The molecule has 0 bridgehead atoms. The second kappa shape index (κ2) is 5.14. The number of pyridine rings is 1. The molecule has 0 aromatic carbocycles. The fourth-order valence-corrected chi connectivity index (χ4v) is 1.52. The zero-order chi connectivity index (χ0) is 13.1. The number of nitrogens with zero attached hydrogens (tertiary/aromatic N) is 2. The lowest BCUT2D eigenvalue weighted by atomic mass is 10.1. The summed E-state index contributed by atoms with van der Waals surface area (Å²) in [5.74, 6) is -0.0692. The van der Waals surface area contributed by atoms with Crippen LogP contribution in [0.4, 0.5) is 0 Å². The van der Waals surface area contributed by atoms with Crippen LogP contribution in [0.1, 0.15) is 29.7 Å². The lowest BCUT2D eigenvalue weighted by molar-refractivity contribution is -0.122. The zero-order valence-corrected chi connectivity index (χ0v) is 10.1. The number of aromatic hydroxyl groups is 1. The second-order valence-corrected chi connectivity index (χ2v) is 4.30. The van der Waals surface area contributed by atoms with E-state index in [9.17, 15) is 9.90 Å². The second-order valence-electron chi connectivity index (χ2n) is 4.30. The molecule has 1 amide bonds. The average Bonchev–Trinajstić information content (AvgIpc) is 3.18. The fourth-order valence-electron chi connectivity index (χ4n) is 1.52. The first-order chi connectivity index (χ1) is 8.63. The minimum Gasteiger partial charge on any atom is -0.505 e. The van der Waals surface area contributed by atoms with Gasteiger partial charge >= 0.3 is 0 Å². The van der Waals surface area contributed by atoms with Crippen LogP contribution in [-0.4, -0.2) is 27.3 Å². The van der Waals surface area contributed by atoms with E-state index in [1.54, 1.807) is 6.92 Å². The first-order valence-corrected chi connectivity index (χ1v) is 5.74. The summed E-state index contributed by atoms with van der Waals surface area (Å²) in [7, 11) is 0. The number of carbonyl (C=O) groups excluding carboxylic acids is 1. The molecule has 1 saturated carbocycles. The largest absolute Gasteiger partial charge is 0.505 e. The number of carbonyl (C=O) groups is 1. The van der Waals surface area contributed by atoms with Gasteiger partial charge in [0.1, 0.15) is 5.75 Å². The van der Waals surface area contributed by atoms with Crippen molar-refractivity contribution in [1.29, 1.82) is 0 Å². The van der Waals surface area contributed by atoms with Crippen LogP contribution in [-0.2, 0) is 11.4 Å². The summed E-state index contributed by atoms with van der Waals surface area (Å²) in [6.45, 7) is 1.40. The molecule has 3 N–H and O–H groups in total. The number of nitrogens with one attached hydrogen (secondary N) is 1. The molecule has 2 rings (SSSR count). The molecule has 6 heteroatoms. The summed E-state index contributed by atoms with van der Waals surface area (Å²) in [6, 6.07) is 0. The number of hydrogen-bond acceptors (Lipinski definition) is 5. The number of aryl methyl sites for hydroxylation is 1. The van der Waals surface area contributed by atoms with Gasteiger partial charge in [-0.15, -0.1) is 0 Å². The van der Waals surface area contributed by atoms with Crippen molar-refractivity contribution in [3.8, 4) is 5.75 Å². The molecular weight excluding hydrogens is 234 g/mol. The van der Waals surface area contributed by atoms with Gasteiger partial charge in [0.15, 0.2) is 0 Å². The van der Waals surface area contributed by atoms with Crippen molar-refractivity contribution in [3.05, 3.63) is 23.0 Å². The van der Waals surface area contributed by atoms with Crippen LogP contribution >= 0.6 is 0 Å². The summed E-state index contributed by atoms with van der Waals surface area (Å²) in [5.41, 5.74) is 3.69. The molecule has 0 saturated heterocycles. The number of hydrazone groups is 1. The predicted octanol–water partition coefficient (Wildman–Crippen LogP) is 0.448. The van der Waals surface area contributed by atoms with Gasteiger partial charge in [0.05, 0.1) is 18.5 Å². The summed E-state index contributed by atoms with van der Waals surface area (Å²) in [6.07, 6.45) is 4.61. The minimum absolute atomic E-state index is 0.0361. The van der Waals surface area contributed by atoms with Crippen LogP contribution in [0.5, 0.6) is 5.75 Å². The Morgan fingerprint density at radius 1 is 1.67 bits per heavy atom. The lowest BCUT2D eigenvalue weighted by Crippen LogP contribution is -2.19. The lowest BCUT2D eigenvalue weighted by Gasteiger charge is -2.06. The molecule has 0 atom stereocenters. The summed E-state index contributed by atoms with van der Waals surface area (Å²) in [5, 5.41) is 22.7. The fraction of sp³-hybridized carbons (Fsp3) is 0.417. The monoisotopic (exact) mass is 249 g/mol. The third kappa shape index (κ3) is 2.65. The van der Waals surface area contributed by atoms with Gasteiger partial charge in [-0.25, -0.2) is 5.43 Å². The molecule has 0 radical (unpaired) electrons. The van der Waals surface area contributed by atoms with Gasteiger partial charge in [-0.3, -0.25) is 9.78 Å². The van der Waals surface area contributed by atoms with Crippen LogP contribution in [0.25, 0.3) is 0 Å². The Morgan fingerprint density at radius 2 is 2.39 bits per heavy atom. The molecule has 1 aliphatic rings. The number of rotatable bonds is 4. The quantitative estimate of drug-likeness (QED) is 0.533. The van der Waals surface area contributed by atoms with Crippen LogP contribution < -0.4 is 5.43 Å². The maximum atomic E-state index is 11.4. The van der Waals surface area contributed by atoms with Crippen molar-refractivity contribution in [1.82, 2.24) is 10.4 Å². The molecule has 0 unspecified atom stereocenters. The van der Waals surface area contributed by atoms with E-state index in [-0.39, 0.29) is 24.2 Å². The molecule has 6 nitrogen and oxygen atoms in total. The van der Waals surface area contributed by atoms with Gasteiger partial charge in [0.2, 0.25) is 5.91 Å². The van der Waals surface area contributed by atoms with Crippen molar-refractivity contribution in [3.63, 3.8) is 0 Å². The van der Waals surface area contributed by atoms with Gasteiger partial charge in [-0.2, -0.15) is 5.10 Å². The molecule has 0 spiro atoms. The Labute approximate surface area is 104 Å². The van der Waals surface area contributed by atoms with E-state index in [1.165, 1.54) is 12.4 Å². The molecule has 1 aromatic heterocycles. The summed E-state index contributed by atoms with van der Waals surface area (Å²) < 4.78 is 0. The van der Waals surface area contributed by atoms with Crippen LogP contribution in [0.2, 0.25) is 0 Å². The van der Waals surface area contributed by atoms with Gasteiger partial charge in [0, 0.05) is 23.2 Å². The van der Waals surface area contributed by atoms with E-state index in [1.807, 2.05) is 0 Å². The van der Waals surface area contributed by atoms with Gasteiger partial charge < -0.3 is 10.2 Å². The number of aliphatic hydroxyl groups excluding tert-OH is 1. The Kier molecular flexibility index (Phi) is 3.57. The molecule has 0 aliphatic heterocycles. The molecule has 1 fully saturated rings. The first kappa shape index (κ1) is 12.5. The maximum Gasteiger partial charge on any atom is 0.243 e. The third-order valence-electron chi connectivity index (χ3n) is 2.84. The van der Waals surface area contributed by atoms with E-state index in [0.717, 1.165) is 12.8 Å². The number of amides is 1. The smallest absolute Gasteiger partial charge is 0.243 e. The predicted molar refractivity (Wildman–Crippen MR) is 65.0 cm³/mol. The van der Waals surface area contributed by atoms with Crippen LogP contribution in [0.15, 0.2) is 11.3 Å². The highest BCUT2D eigenvalue weighted by atomic mass is 16.3. The Balaban J connectivity index is 2.13. The first-order valence-electron chi connectivity index (χ1n) is 5.74.